The van der Waals surface area contributed by atoms with E-state index in [1.807, 2.05) is 44.2 Å². The van der Waals surface area contributed by atoms with Crippen molar-refractivity contribution in [3.05, 3.63) is 35.9 Å². The van der Waals surface area contributed by atoms with E-state index in [2.05, 4.69) is 5.32 Å². The van der Waals surface area contributed by atoms with E-state index in [-0.39, 0.29) is 24.9 Å². The average molecular weight is 264 g/mol. The maximum atomic E-state index is 11.8. The fraction of sp³-hybridized carbons (Fsp3) is 0.533. The van der Waals surface area contributed by atoms with Crippen molar-refractivity contribution in [2.45, 2.75) is 44.8 Å². The Morgan fingerprint density at radius 2 is 1.89 bits per heavy atom. The second-order valence-corrected chi connectivity index (χ2v) is 4.93. The van der Waals surface area contributed by atoms with Gasteiger partial charge < -0.3 is 16.2 Å². The van der Waals surface area contributed by atoms with Crippen molar-refractivity contribution in [2.75, 3.05) is 6.54 Å². The molecule has 1 aromatic rings. The molecule has 4 heteroatoms. The van der Waals surface area contributed by atoms with Crippen molar-refractivity contribution in [3.8, 4) is 0 Å². The molecule has 1 aromatic carbocycles. The highest BCUT2D eigenvalue weighted by molar-refractivity contribution is 5.76. The number of benzene rings is 1. The highest BCUT2D eigenvalue weighted by atomic mass is 16.3. The Hall–Kier alpha value is -1.39. The van der Waals surface area contributed by atoms with Crippen molar-refractivity contribution < 1.29 is 9.90 Å². The smallest absolute Gasteiger partial charge is 0.222 e. The summed E-state index contributed by atoms with van der Waals surface area (Å²) >= 11 is 0. The minimum atomic E-state index is -0.813. The molecular weight excluding hydrogens is 240 g/mol. The van der Waals surface area contributed by atoms with Gasteiger partial charge in [0.15, 0.2) is 0 Å². The van der Waals surface area contributed by atoms with E-state index in [1.54, 1.807) is 0 Å². The topological polar surface area (TPSA) is 75.3 Å². The van der Waals surface area contributed by atoms with Crippen LogP contribution in [0.5, 0.6) is 0 Å². The number of carbonyl (C=O) groups excluding carboxylic acids is 1. The number of nitrogens with two attached hydrogens (primary N) is 1. The van der Waals surface area contributed by atoms with Gasteiger partial charge >= 0.3 is 0 Å². The molecule has 0 heterocycles. The van der Waals surface area contributed by atoms with Crippen LogP contribution in [0.25, 0.3) is 0 Å². The van der Waals surface area contributed by atoms with Gasteiger partial charge in [-0.15, -0.1) is 0 Å². The fourth-order valence-corrected chi connectivity index (χ4v) is 1.85. The Kier molecular flexibility index (Phi) is 5.99. The Morgan fingerprint density at radius 3 is 2.42 bits per heavy atom. The molecule has 0 fully saturated rings. The first kappa shape index (κ1) is 15.7. The zero-order chi connectivity index (χ0) is 14.3. The lowest BCUT2D eigenvalue weighted by molar-refractivity contribution is -0.122. The molecule has 0 aliphatic rings. The Labute approximate surface area is 115 Å². The third-order valence-electron chi connectivity index (χ3n) is 3.56. The van der Waals surface area contributed by atoms with E-state index >= 15 is 0 Å². The van der Waals surface area contributed by atoms with Crippen LogP contribution in [0.15, 0.2) is 30.3 Å². The van der Waals surface area contributed by atoms with Crippen molar-refractivity contribution >= 4 is 5.91 Å². The molecule has 1 rings (SSSR count). The van der Waals surface area contributed by atoms with Gasteiger partial charge in [0.2, 0.25) is 5.91 Å². The van der Waals surface area contributed by atoms with E-state index in [0.717, 1.165) is 5.56 Å². The summed E-state index contributed by atoms with van der Waals surface area (Å²) < 4.78 is 0. The highest BCUT2D eigenvalue weighted by Crippen LogP contribution is 2.15. The van der Waals surface area contributed by atoms with Crippen molar-refractivity contribution in [1.82, 2.24) is 5.32 Å². The number of hydrogen-bond acceptors (Lipinski definition) is 3. The quantitative estimate of drug-likeness (QED) is 0.702. The normalized spacial score (nSPS) is 13.1. The molecule has 1 unspecified atom stereocenters. The number of carbonyl (C=O) groups is 1. The summed E-state index contributed by atoms with van der Waals surface area (Å²) in [5.41, 5.74) is 6.11. The second kappa shape index (κ2) is 7.26. The molecular formula is C15H24N2O2. The third kappa shape index (κ3) is 5.01. The van der Waals surface area contributed by atoms with Gasteiger partial charge in [-0.1, -0.05) is 44.2 Å². The third-order valence-corrected chi connectivity index (χ3v) is 3.56. The van der Waals surface area contributed by atoms with Crippen molar-refractivity contribution in [3.63, 3.8) is 0 Å². The summed E-state index contributed by atoms with van der Waals surface area (Å²) in [5.74, 6) is -0.128. The van der Waals surface area contributed by atoms with Gasteiger partial charge in [-0.2, -0.15) is 0 Å². The molecule has 1 atom stereocenters. The molecule has 0 radical (unpaired) electrons. The first-order chi connectivity index (χ1) is 9.00. The Balaban J connectivity index is 2.44. The zero-order valence-corrected chi connectivity index (χ0v) is 11.7. The molecule has 4 N–H and O–H groups in total. The lowest BCUT2D eigenvalue weighted by Gasteiger charge is -2.25. The molecule has 0 saturated heterocycles. The molecule has 19 heavy (non-hydrogen) atoms. The van der Waals surface area contributed by atoms with E-state index in [4.69, 9.17) is 5.73 Å². The van der Waals surface area contributed by atoms with E-state index in [1.165, 1.54) is 0 Å². The van der Waals surface area contributed by atoms with Gasteiger partial charge in [0.05, 0.1) is 5.60 Å². The standard InChI is InChI=1S/C15H24N2O2/c1-3-15(19,4-2)11-17-14(18)10-13(16)12-8-6-5-7-9-12/h5-9,13,19H,3-4,10-11,16H2,1-2H3,(H,17,18). The molecule has 106 valence electrons. The Morgan fingerprint density at radius 1 is 1.32 bits per heavy atom. The van der Waals surface area contributed by atoms with Gasteiger partial charge in [0.25, 0.3) is 0 Å². The fourth-order valence-electron chi connectivity index (χ4n) is 1.85. The van der Waals surface area contributed by atoms with Gasteiger partial charge in [-0.25, -0.2) is 0 Å². The van der Waals surface area contributed by atoms with Crippen LogP contribution in [0.1, 0.15) is 44.7 Å². The minimum Gasteiger partial charge on any atom is -0.388 e. The first-order valence-electron chi connectivity index (χ1n) is 6.80. The Bertz CT molecular complexity index is 388. The zero-order valence-electron chi connectivity index (χ0n) is 11.7. The molecule has 1 amide bonds. The van der Waals surface area contributed by atoms with Crippen LogP contribution in [0.4, 0.5) is 0 Å². The summed E-state index contributed by atoms with van der Waals surface area (Å²) in [7, 11) is 0. The maximum absolute atomic E-state index is 11.8. The molecule has 0 spiro atoms. The predicted octanol–water partition coefficient (Wildman–Crippen LogP) is 1.74. The molecule has 4 nitrogen and oxygen atoms in total. The SMILES string of the molecule is CCC(O)(CC)CNC(=O)CC(N)c1ccccc1. The minimum absolute atomic E-state index is 0.128. The number of hydrogen-bond donors (Lipinski definition) is 3. The monoisotopic (exact) mass is 264 g/mol. The van der Waals surface area contributed by atoms with Gasteiger partial charge in [-0.3, -0.25) is 4.79 Å². The van der Waals surface area contributed by atoms with E-state index in [9.17, 15) is 9.90 Å². The molecule has 0 aliphatic carbocycles. The molecule has 0 aromatic heterocycles. The lowest BCUT2D eigenvalue weighted by atomic mass is 9.97. The number of aliphatic hydroxyl groups is 1. The first-order valence-corrected chi connectivity index (χ1v) is 6.80. The number of amides is 1. The molecule has 0 bridgehead atoms. The largest absolute Gasteiger partial charge is 0.388 e. The number of rotatable bonds is 7. The second-order valence-electron chi connectivity index (χ2n) is 4.93. The van der Waals surface area contributed by atoms with Crippen LogP contribution >= 0.6 is 0 Å². The summed E-state index contributed by atoms with van der Waals surface area (Å²) in [6.07, 6.45) is 1.47. The maximum Gasteiger partial charge on any atom is 0.222 e. The lowest BCUT2D eigenvalue weighted by Crippen LogP contribution is -2.42. The highest BCUT2D eigenvalue weighted by Gasteiger charge is 2.23. The number of nitrogens with one attached hydrogen (secondary N) is 1. The average Bonchev–Trinajstić information content (AvgIpc) is 2.45. The van der Waals surface area contributed by atoms with Gasteiger partial charge in [0, 0.05) is 19.0 Å². The van der Waals surface area contributed by atoms with Gasteiger partial charge in [0.1, 0.15) is 0 Å². The van der Waals surface area contributed by atoms with Gasteiger partial charge in [-0.05, 0) is 18.4 Å². The van der Waals surface area contributed by atoms with E-state index < -0.39 is 5.60 Å². The van der Waals surface area contributed by atoms with Crippen LogP contribution < -0.4 is 11.1 Å². The van der Waals surface area contributed by atoms with Crippen LogP contribution in [-0.2, 0) is 4.79 Å². The summed E-state index contributed by atoms with van der Waals surface area (Å²) in [4.78, 5) is 11.8. The van der Waals surface area contributed by atoms with Crippen molar-refractivity contribution in [2.24, 2.45) is 5.73 Å². The van der Waals surface area contributed by atoms with Crippen LogP contribution in [-0.4, -0.2) is 23.2 Å². The molecule has 0 aliphatic heterocycles. The summed E-state index contributed by atoms with van der Waals surface area (Å²) in [6.45, 7) is 4.09. The van der Waals surface area contributed by atoms with Crippen LogP contribution in [0.2, 0.25) is 0 Å². The van der Waals surface area contributed by atoms with E-state index in [0.29, 0.717) is 12.8 Å². The predicted molar refractivity (Wildman–Crippen MR) is 76.5 cm³/mol. The van der Waals surface area contributed by atoms with Crippen LogP contribution in [0.3, 0.4) is 0 Å². The summed E-state index contributed by atoms with van der Waals surface area (Å²) in [6, 6.07) is 9.23. The van der Waals surface area contributed by atoms with Crippen LogP contribution in [0, 0.1) is 0 Å². The summed E-state index contributed by atoms with van der Waals surface area (Å²) in [5, 5.41) is 12.8. The molecule has 0 saturated carbocycles. The van der Waals surface area contributed by atoms with Crippen molar-refractivity contribution in [1.29, 1.82) is 0 Å².